The fraction of sp³-hybridized carbons (Fsp3) is 0.500. The van der Waals surface area contributed by atoms with E-state index >= 15 is 0 Å². The lowest BCUT2D eigenvalue weighted by molar-refractivity contribution is -0.114. The summed E-state index contributed by atoms with van der Waals surface area (Å²) in [6.07, 6.45) is 0.609. The Kier molecular flexibility index (Phi) is 2.80. The summed E-state index contributed by atoms with van der Waals surface area (Å²) in [7, 11) is 0. The zero-order chi connectivity index (χ0) is 11.6. The summed E-state index contributed by atoms with van der Waals surface area (Å²) in [5, 5.41) is 8.55. The van der Waals surface area contributed by atoms with Crippen LogP contribution in [0.5, 0.6) is 0 Å². The van der Waals surface area contributed by atoms with E-state index in [4.69, 9.17) is 10.00 Å². The molecule has 0 aromatic carbocycles. The van der Waals surface area contributed by atoms with Gasteiger partial charge in [-0.25, -0.2) is 4.79 Å². The highest BCUT2D eigenvalue weighted by Crippen LogP contribution is 2.15. The Hall–Kier alpha value is -1.83. The topological polar surface area (TPSA) is 70.4 Å². The van der Waals surface area contributed by atoms with Gasteiger partial charge in [-0.15, -0.1) is 0 Å². The maximum absolute atomic E-state index is 11.5. The molecule has 5 heteroatoms. The minimum Gasteiger partial charge on any atom is -0.443 e. The van der Waals surface area contributed by atoms with Gasteiger partial charge in [-0.1, -0.05) is 0 Å². The van der Waals surface area contributed by atoms with Crippen molar-refractivity contribution >= 4 is 11.9 Å². The quantitative estimate of drug-likeness (QED) is 0.600. The first-order valence-electron chi connectivity index (χ1n) is 4.48. The zero-order valence-electron chi connectivity index (χ0n) is 8.90. The van der Waals surface area contributed by atoms with E-state index in [-0.39, 0.29) is 17.9 Å². The van der Waals surface area contributed by atoms with E-state index in [1.807, 2.05) is 0 Å². The lowest BCUT2D eigenvalue weighted by Crippen LogP contribution is -2.33. The molecule has 1 amide bonds. The van der Waals surface area contributed by atoms with Gasteiger partial charge < -0.3 is 4.74 Å². The molecule has 1 aliphatic heterocycles. The normalized spacial score (nSPS) is 16.0. The number of carbonyl (C=O) groups excluding carboxylic acids is 2. The van der Waals surface area contributed by atoms with E-state index < -0.39 is 11.7 Å². The van der Waals surface area contributed by atoms with Gasteiger partial charge in [0.2, 0.25) is 0 Å². The molecule has 0 radical (unpaired) electrons. The zero-order valence-corrected chi connectivity index (χ0v) is 8.90. The number of carbonyl (C=O) groups is 2. The Bertz CT molecular complexity index is 371. The van der Waals surface area contributed by atoms with Gasteiger partial charge in [-0.2, -0.15) is 5.26 Å². The Balaban J connectivity index is 2.70. The standard InChI is InChI=1S/C10H12N2O3/c1-10(2,3)15-9(14)12-5-7(4-11)8(13)6-12/h5H,6H2,1-3H3. The van der Waals surface area contributed by atoms with Crippen LogP contribution < -0.4 is 0 Å². The number of Topliss-reactive ketones (excluding diaryl/α,β-unsaturated/α-hetero) is 1. The average Bonchev–Trinajstić information content (AvgIpc) is 2.43. The van der Waals surface area contributed by atoms with Gasteiger partial charge in [0.1, 0.15) is 17.2 Å². The Morgan fingerprint density at radius 1 is 1.60 bits per heavy atom. The Labute approximate surface area is 87.9 Å². The Morgan fingerprint density at radius 2 is 2.20 bits per heavy atom. The van der Waals surface area contributed by atoms with Crippen molar-refractivity contribution in [3.63, 3.8) is 0 Å². The molecule has 1 rings (SSSR count). The van der Waals surface area contributed by atoms with Crippen LogP contribution in [0.3, 0.4) is 0 Å². The van der Waals surface area contributed by atoms with Gasteiger partial charge in [0, 0.05) is 6.20 Å². The fourth-order valence-electron chi connectivity index (χ4n) is 1.04. The third kappa shape index (κ3) is 2.81. The summed E-state index contributed by atoms with van der Waals surface area (Å²) in [4.78, 5) is 23.7. The third-order valence-electron chi connectivity index (χ3n) is 1.65. The molecule has 0 aromatic rings. The van der Waals surface area contributed by atoms with Crippen LogP contribution in [0, 0.1) is 11.3 Å². The molecule has 0 N–H and O–H groups in total. The number of amides is 1. The minimum absolute atomic E-state index is 0.0131. The van der Waals surface area contributed by atoms with Gasteiger partial charge in [0.05, 0.1) is 6.54 Å². The molecule has 0 unspecified atom stereocenters. The first kappa shape index (κ1) is 11.2. The fourth-order valence-corrected chi connectivity index (χ4v) is 1.04. The van der Waals surface area contributed by atoms with Crippen LogP contribution in [0.15, 0.2) is 11.8 Å². The lowest BCUT2D eigenvalue weighted by atomic mass is 10.2. The molecule has 0 atom stereocenters. The number of nitrogens with zero attached hydrogens (tertiary/aromatic N) is 2. The largest absolute Gasteiger partial charge is 0.443 e. The van der Waals surface area contributed by atoms with Gasteiger partial charge in [0.25, 0.3) is 0 Å². The van der Waals surface area contributed by atoms with Crippen LogP contribution in [0.2, 0.25) is 0 Å². The molecule has 0 saturated carbocycles. The SMILES string of the molecule is CC(C)(C)OC(=O)N1C=C(C#N)C(=O)C1. The molecular weight excluding hydrogens is 196 g/mol. The van der Waals surface area contributed by atoms with Crippen molar-refractivity contribution in [2.45, 2.75) is 26.4 Å². The maximum atomic E-state index is 11.5. The summed E-state index contributed by atoms with van der Waals surface area (Å²) in [6.45, 7) is 5.09. The molecular formula is C10H12N2O3. The van der Waals surface area contributed by atoms with Crippen molar-refractivity contribution < 1.29 is 14.3 Å². The number of hydrogen-bond donors (Lipinski definition) is 0. The first-order valence-corrected chi connectivity index (χ1v) is 4.48. The van der Waals surface area contributed by atoms with Crippen LogP contribution in [0.25, 0.3) is 0 Å². The molecule has 15 heavy (non-hydrogen) atoms. The van der Waals surface area contributed by atoms with Crippen molar-refractivity contribution in [1.29, 1.82) is 5.26 Å². The van der Waals surface area contributed by atoms with E-state index in [1.165, 1.54) is 6.20 Å². The van der Waals surface area contributed by atoms with Crippen LogP contribution >= 0.6 is 0 Å². The van der Waals surface area contributed by atoms with Crippen LogP contribution in [0.4, 0.5) is 4.79 Å². The first-order chi connectivity index (χ1) is 6.83. The molecule has 5 nitrogen and oxygen atoms in total. The predicted octanol–water partition coefficient (Wildman–Crippen LogP) is 1.21. The van der Waals surface area contributed by atoms with Crippen molar-refractivity contribution in [2.24, 2.45) is 0 Å². The highest BCUT2D eigenvalue weighted by Gasteiger charge is 2.29. The van der Waals surface area contributed by atoms with E-state index in [2.05, 4.69) is 0 Å². The molecule has 0 saturated heterocycles. The molecule has 1 heterocycles. The van der Waals surface area contributed by atoms with Crippen molar-refractivity contribution in [3.05, 3.63) is 11.8 Å². The van der Waals surface area contributed by atoms with Gasteiger partial charge in [-0.3, -0.25) is 9.69 Å². The van der Waals surface area contributed by atoms with E-state index in [0.717, 1.165) is 4.90 Å². The molecule has 0 bridgehead atoms. The van der Waals surface area contributed by atoms with Crippen molar-refractivity contribution in [3.8, 4) is 6.07 Å². The number of ketones is 1. The van der Waals surface area contributed by atoms with E-state index in [1.54, 1.807) is 26.8 Å². The van der Waals surface area contributed by atoms with E-state index in [9.17, 15) is 9.59 Å². The number of ether oxygens (including phenoxy) is 1. The smallest absolute Gasteiger partial charge is 0.414 e. The highest BCUT2D eigenvalue weighted by atomic mass is 16.6. The second kappa shape index (κ2) is 3.73. The number of nitriles is 1. The second-order valence-corrected chi connectivity index (χ2v) is 4.19. The predicted molar refractivity (Wildman–Crippen MR) is 51.6 cm³/mol. The monoisotopic (exact) mass is 208 g/mol. The molecule has 1 aliphatic rings. The summed E-state index contributed by atoms with van der Waals surface area (Å²) < 4.78 is 5.04. The summed E-state index contributed by atoms with van der Waals surface area (Å²) in [5.41, 5.74) is -0.621. The minimum atomic E-state index is -0.610. The maximum Gasteiger partial charge on any atom is 0.414 e. The summed E-state index contributed by atoms with van der Waals surface area (Å²) >= 11 is 0. The lowest BCUT2D eigenvalue weighted by Gasteiger charge is -2.22. The van der Waals surface area contributed by atoms with Crippen LogP contribution in [0.1, 0.15) is 20.8 Å². The second-order valence-electron chi connectivity index (χ2n) is 4.19. The third-order valence-corrected chi connectivity index (χ3v) is 1.65. The Morgan fingerprint density at radius 3 is 2.60 bits per heavy atom. The molecule has 0 spiro atoms. The van der Waals surface area contributed by atoms with Gasteiger partial charge in [0.15, 0.2) is 5.78 Å². The average molecular weight is 208 g/mol. The highest BCUT2D eigenvalue weighted by molar-refractivity contribution is 6.04. The molecule has 80 valence electrons. The van der Waals surface area contributed by atoms with E-state index in [0.29, 0.717) is 0 Å². The molecule has 0 fully saturated rings. The number of rotatable bonds is 0. The van der Waals surface area contributed by atoms with Crippen molar-refractivity contribution in [1.82, 2.24) is 4.90 Å². The summed E-state index contributed by atoms with van der Waals surface area (Å²) in [5.74, 6) is -0.358. The van der Waals surface area contributed by atoms with Crippen molar-refractivity contribution in [2.75, 3.05) is 6.54 Å². The van der Waals surface area contributed by atoms with Gasteiger partial charge >= 0.3 is 6.09 Å². The molecule has 0 aromatic heterocycles. The van der Waals surface area contributed by atoms with Gasteiger partial charge in [-0.05, 0) is 20.8 Å². The van der Waals surface area contributed by atoms with Crippen LogP contribution in [-0.2, 0) is 9.53 Å². The summed E-state index contributed by atoms with van der Waals surface area (Å²) in [6, 6.07) is 1.72. The molecule has 0 aliphatic carbocycles. The van der Waals surface area contributed by atoms with Crippen LogP contribution in [-0.4, -0.2) is 28.9 Å². The number of hydrogen-bond acceptors (Lipinski definition) is 4.